The van der Waals surface area contributed by atoms with Crippen LogP contribution in [0.1, 0.15) is 31.5 Å². The molecule has 3 aromatic rings. The SMILES string of the molecule is O=C(CSc1n[nH]c(CC2CCCC2)n1)Nc1cccc2ccccc12. The molecule has 1 aromatic heterocycles. The van der Waals surface area contributed by atoms with Crippen molar-refractivity contribution in [2.45, 2.75) is 37.3 Å². The number of carbonyl (C=O) groups excluding carboxylic acids is 1. The summed E-state index contributed by atoms with van der Waals surface area (Å²) in [6.07, 6.45) is 6.20. The van der Waals surface area contributed by atoms with Crippen LogP contribution < -0.4 is 5.32 Å². The molecule has 0 saturated heterocycles. The molecule has 1 aliphatic rings. The lowest BCUT2D eigenvalue weighted by Crippen LogP contribution is -2.14. The van der Waals surface area contributed by atoms with Gasteiger partial charge in [0.1, 0.15) is 5.82 Å². The van der Waals surface area contributed by atoms with Gasteiger partial charge >= 0.3 is 0 Å². The van der Waals surface area contributed by atoms with Crippen molar-refractivity contribution >= 4 is 34.1 Å². The van der Waals surface area contributed by atoms with E-state index in [0.29, 0.717) is 10.9 Å². The van der Waals surface area contributed by atoms with Crippen LogP contribution in [0.4, 0.5) is 5.69 Å². The zero-order chi connectivity index (χ0) is 17.8. The molecule has 0 aliphatic heterocycles. The monoisotopic (exact) mass is 366 g/mol. The van der Waals surface area contributed by atoms with E-state index in [1.807, 2.05) is 42.5 Å². The predicted octanol–water partition coefficient (Wildman–Crippen LogP) is 4.42. The first-order valence-electron chi connectivity index (χ1n) is 9.09. The highest BCUT2D eigenvalue weighted by Crippen LogP contribution is 2.27. The number of amides is 1. The molecule has 0 atom stereocenters. The average Bonchev–Trinajstić information content (AvgIpc) is 3.33. The van der Waals surface area contributed by atoms with Crippen molar-refractivity contribution in [1.29, 1.82) is 0 Å². The van der Waals surface area contributed by atoms with Gasteiger partial charge in [-0.1, -0.05) is 73.8 Å². The van der Waals surface area contributed by atoms with Gasteiger partial charge in [0.05, 0.1) is 5.75 Å². The number of rotatable bonds is 6. The van der Waals surface area contributed by atoms with Gasteiger partial charge in [0, 0.05) is 17.5 Å². The van der Waals surface area contributed by atoms with Crippen LogP contribution in [-0.4, -0.2) is 26.8 Å². The molecule has 0 radical (unpaired) electrons. The summed E-state index contributed by atoms with van der Waals surface area (Å²) in [7, 11) is 0. The summed E-state index contributed by atoms with van der Waals surface area (Å²) in [5.74, 6) is 1.92. The molecule has 1 heterocycles. The molecule has 2 N–H and O–H groups in total. The standard InChI is InChI=1S/C20H22N4OS/c25-19(21-17-11-5-9-15-8-3-4-10-16(15)17)13-26-20-22-18(23-24-20)12-14-6-1-2-7-14/h3-5,8-11,14H,1-2,6-7,12-13H2,(H,21,25)(H,22,23,24). The first kappa shape index (κ1) is 17.1. The van der Waals surface area contributed by atoms with Crippen LogP contribution in [0.25, 0.3) is 10.8 Å². The third-order valence-electron chi connectivity index (χ3n) is 4.86. The average molecular weight is 366 g/mol. The number of carbonyl (C=O) groups is 1. The van der Waals surface area contributed by atoms with Crippen molar-refractivity contribution in [2.24, 2.45) is 5.92 Å². The van der Waals surface area contributed by atoms with Gasteiger partial charge in [0.2, 0.25) is 11.1 Å². The molecule has 1 saturated carbocycles. The maximum absolute atomic E-state index is 12.3. The van der Waals surface area contributed by atoms with Crippen LogP contribution in [0.2, 0.25) is 0 Å². The highest BCUT2D eigenvalue weighted by Gasteiger charge is 2.17. The fourth-order valence-electron chi connectivity index (χ4n) is 3.57. The number of hydrogen-bond donors (Lipinski definition) is 2. The summed E-state index contributed by atoms with van der Waals surface area (Å²) >= 11 is 1.37. The molecule has 1 amide bonds. The normalized spacial score (nSPS) is 14.8. The number of benzene rings is 2. The van der Waals surface area contributed by atoms with E-state index < -0.39 is 0 Å². The zero-order valence-electron chi connectivity index (χ0n) is 14.6. The molecule has 4 rings (SSSR count). The van der Waals surface area contributed by atoms with Crippen LogP contribution >= 0.6 is 11.8 Å². The second-order valence-electron chi connectivity index (χ2n) is 6.78. The summed E-state index contributed by atoms with van der Waals surface area (Å²) in [5.41, 5.74) is 0.839. The van der Waals surface area contributed by atoms with Crippen molar-refractivity contribution in [1.82, 2.24) is 15.2 Å². The largest absolute Gasteiger partial charge is 0.325 e. The Hall–Kier alpha value is -2.34. The number of fused-ring (bicyclic) bond motifs is 1. The fraction of sp³-hybridized carbons (Fsp3) is 0.350. The number of nitrogens with one attached hydrogen (secondary N) is 2. The van der Waals surface area contributed by atoms with E-state index in [1.54, 1.807) is 0 Å². The number of aromatic nitrogens is 3. The molecule has 26 heavy (non-hydrogen) atoms. The van der Waals surface area contributed by atoms with Crippen molar-refractivity contribution in [3.05, 3.63) is 48.3 Å². The predicted molar refractivity (Wildman–Crippen MR) is 105 cm³/mol. The molecule has 1 aliphatic carbocycles. The van der Waals surface area contributed by atoms with Crippen molar-refractivity contribution in [2.75, 3.05) is 11.1 Å². The molecule has 6 heteroatoms. The lowest BCUT2D eigenvalue weighted by molar-refractivity contribution is -0.113. The summed E-state index contributed by atoms with van der Waals surface area (Å²) in [6, 6.07) is 14.0. The third-order valence-corrected chi connectivity index (χ3v) is 5.71. The summed E-state index contributed by atoms with van der Waals surface area (Å²) in [5, 5.41) is 13.1. The Kier molecular flexibility index (Phi) is 5.20. The molecule has 0 spiro atoms. The van der Waals surface area contributed by atoms with E-state index in [1.165, 1.54) is 37.4 Å². The maximum Gasteiger partial charge on any atom is 0.234 e. The number of anilines is 1. The number of nitrogens with zero attached hydrogens (tertiary/aromatic N) is 2. The van der Waals surface area contributed by atoms with Crippen LogP contribution in [0.15, 0.2) is 47.6 Å². The highest BCUT2D eigenvalue weighted by molar-refractivity contribution is 7.99. The van der Waals surface area contributed by atoms with Crippen LogP contribution in [0.3, 0.4) is 0 Å². The summed E-state index contributed by atoms with van der Waals surface area (Å²) in [4.78, 5) is 16.8. The smallest absolute Gasteiger partial charge is 0.234 e. The second kappa shape index (κ2) is 7.91. The van der Waals surface area contributed by atoms with E-state index >= 15 is 0 Å². The van der Waals surface area contributed by atoms with E-state index in [9.17, 15) is 4.79 Å². The number of H-pyrrole nitrogens is 1. The summed E-state index contributed by atoms with van der Waals surface area (Å²) < 4.78 is 0. The van der Waals surface area contributed by atoms with Gasteiger partial charge in [-0.25, -0.2) is 4.98 Å². The molecule has 0 bridgehead atoms. The third kappa shape index (κ3) is 4.07. The Morgan fingerprint density at radius 2 is 1.96 bits per heavy atom. The summed E-state index contributed by atoms with van der Waals surface area (Å²) in [6.45, 7) is 0. The molecular formula is C20H22N4OS. The fourth-order valence-corrected chi connectivity index (χ4v) is 4.19. The minimum atomic E-state index is -0.0477. The Balaban J connectivity index is 1.33. The number of aromatic amines is 1. The van der Waals surface area contributed by atoms with Gasteiger partial charge in [-0.3, -0.25) is 9.89 Å². The van der Waals surface area contributed by atoms with Crippen molar-refractivity contribution in [3.63, 3.8) is 0 Å². The van der Waals surface area contributed by atoms with Crippen LogP contribution in [0.5, 0.6) is 0 Å². The molecule has 1 fully saturated rings. The highest BCUT2D eigenvalue weighted by atomic mass is 32.2. The topological polar surface area (TPSA) is 70.7 Å². The Labute approximate surface area is 157 Å². The quantitative estimate of drug-likeness (QED) is 0.634. The minimum absolute atomic E-state index is 0.0477. The van der Waals surface area contributed by atoms with E-state index in [0.717, 1.165) is 34.6 Å². The Morgan fingerprint density at radius 1 is 1.15 bits per heavy atom. The first-order valence-corrected chi connectivity index (χ1v) is 10.1. The number of thioether (sulfide) groups is 1. The Bertz CT molecular complexity index is 896. The van der Waals surface area contributed by atoms with Gasteiger partial charge < -0.3 is 5.32 Å². The lowest BCUT2D eigenvalue weighted by atomic mass is 10.0. The first-order chi connectivity index (χ1) is 12.8. The maximum atomic E-state index is 12.3. The molecule has 0 unspecified atom stereocenters. The zero-order valence-corrected chi connectivity index (χ0v) is 15.4. The lowest BCUT2D eigenvalue weighted by Gasteiger charge is -2.08. The van der Waals surface area contributed by atoms with Crippen LogP contribution in [-0.2, 0) is 11.2 Å². The van der Waals surface area contributed by atoms with E-state index in [2.05, 4.69) is 20.5 Å². The van der Waals surface area contributed by atoms with Crippen LogP contribution in [0, 0.1) is 5.92 Å². The second-order valence-corrected chi connectivity index (χ2v) is 7.73. The van der Waals surface area contributed by atoms with Gasteiger partial charge in [-0.05, 0) is 17.4 Å². The van der Waals surface area contributed by atoms with Crippen molar-refractivity contribution in [3.8, 4) is 0 Å². The van der Waals surface area contributed by atoms with E-state index in [4.69, 9.17) is 0 Å². The number of hydrogen-bond acceptors (Lipinski definition) is 4. The van der Waals surface area contributed by atoms with Gasteiger partial charge in [0.25, 0.3) is 0 Å². The van der Waals surface area contributed by atoms with Gasteiger partial charge in [-0.2, -0.15) is 0 Å². The molecule has 2 aromatic carbocycles. The Morgan fingerprint density at radius 3 is 2.85 bits per heavy atom. The molecule has 134 valence electrons. The van der Waals surface area contributed by atoms with Gasteiger partial charge in [0.15, 0.2) is 0 Å². The minimum Gasteiger partial charge on any atom is -0.325 e. The molecule has 5 nitrogen and oxygen atoms in total. The van der Waals surface area contributed by atoms with E-state index in [-0.39, 0.29) is 5.91 Å². The van der Waals surface area contributed by atoms with Gasteiger partial charge in [-0.15, -0.1) is 5.10 Å². The molecular weight excluding hydrogens is 344 g/mol. The van der Waals surface area contributed by atoms with Crippen molar-refractivity contribution < 1.29 is 4.79 Å².